The average molecular weight is 193 g/mol. The van der Waals surface area contributed by atoms with Crippen molar-refractivity contribution in [1.82, 2.24) is 10.3 Å². The van der Waals surface area contributed by atoms with E-state index in [1.807, 2.05) is 6.20 Å². The highest BCUT2D eigenvalue weighted by Crippen LogP contribution is 2.17. The first-order valence-electron chi connectivity index (χ1n) is 5.41. The van der Waals surface area contributed by atoms with E-state index in [2.05, 4.69) is 34.5 Å². The Hall–Kier alpha value is -0.960. The first-order chi connectivity index (χ1) is 6.86. The highest BCUT2D eigenvalue weighted by Gasteiger charge is 2.15. The molecule has 0 bridgehead atoms. The predicted molar refractivity (Wildman–Crippen MR) is 59.7 cm³/mol. The summed E-state index contributed by atoms with van der Waals surface area (Å²) < 4.78 is 0. The second-order valence-corrected chi connectivity index (χ2v) is 4.14. The highest BCUT2D eigenvalue weighted by atomic mass is 15.1. The summed E-state index contributed by atoms with van der Waals surface area (Å²) in [5.74, 6) is 0.858. The normalized spacial score (nSPS) is 18.4. The van der Waals surface area contributed by atoms with E-state index in [0.29, 0.717) is 0 Å². The number of nitrogens with zero attached hydrogens (tertiary/aromatic N) is 1. The molecule has 0 radical (unpaired) electrons. The molecular formula is C11H19N3. The summed E-state index contributed by atoms with van der Waals surface area (Å²) >= 11 is 0. The maximum absolute atomic E-state index is 3.40. The molecule has 0 unspecified atom stereocenters. The summed E-state index contributed by atoms with van der Waals surface area (Å²) in [6.07, 6.45) is 6.67. The zero-order valence-electron chi connectivity index (χ0n) is 8.79. The fourth-order valence-electron chi connectivity index (χ4n) is 2.11. The maximum atomic E-state index is 3.40. The molecule has 1 aromatic rings. The molecule has 14 heavy (non-hydrogen) atoms. The number of hydrogen-bond donors (Lipinski definition) is 2. The molecule has 0 aliphatic carbocycles. The summed E-state index contributed by atoms with van der Waals surface area (Å²) in [6, 6.07) is 2.13. The molecule has 1 aromatic heterocycles. The minimum Gasteiger partial charge on any atom is -0.373 e. The molecule has 3 heteroatoms. The number of anilines is 1. The quantitative estimate of drug-likeness (QED) is 0.761. The van der Waals surface area contributed by atoms with Gasteiger partial charge in [0.05, 0.1) is 5.69 Å². The molecule has 2 heterocycles. The lowest BCUT2D eigenvalue weighted by Gasteiger charge is -2.28. The van der Waals surface area contributed by atoms with Gasteiger partial charge < -0.3 is 15.2 Å². The molecule has 1 fully saturated rings. The number of piperidine rings is 1. The molecule has 0 atom stereocenters. The van der Waals surface area contributed by atoms with Crippen LogP contribution in [0.4, 0.5) is 5.69 Å². The van der Waals surface area contributed by atoms with Gasteiger partial charge in [0.1, 0.15) is 0 Å². The van der Waals surface area contributed by atoms with Crippen LogP contribution in [0.2, 0.25) is 0 Å². The first-order valence-corrected chi connectivity index (χ1v) is 5.41. The van der Waals surface area contributed by atoms with Crippen molar-refractivity contribution in [1.29, 1.82) is 0 Å². The van der Waals surface area contributed by atoms with E-state index in [-0.39, 0.29) is 0 Å². The molecule has 0 aromatic carbocycles. The predicted octanol–water partition coefficient (Wildman–Crippen LogP) is 1.45. The second-order valence-electron chi connectivity index (χ2n) is 4.14. The summed E-state index contributed by atoms with van der Waals surface area (Å²) in [6.45, 7) is 3.55. The summed E-state index contributed by atoms with van der Waals surface area (Å²) in [7, 11) is 2.17. The third-order valence-corrected chi connectivity index (χ3v) is 3.01. The Bertz CT molecular complexity index is 250. The van der Waals surface area contributed by atoms with Crippen molar-refractivity contribution in [3.05, 3.63) is 18.5 Å². The zero-order chi connectivity index (χ0) is 9.80. The van der Waals surface area contributed by atoms with Gasteiger partial charge in [0.15, 0.2) is 0 Å². The number of H-pyrrole nitrogens is 1. The van der Waals surface area contributed by atoms with Crippen molar-refractivity contribution < 1.29 is 0 Å². The lowest BCUT2D eigenvalue weighted by atomic mass is 9.98. The van der Waals surface area contributed by atoms with Crippen LogP contribution in [0.25, 0.3) is 0 Å². The lowest BCUT2D eigenvalue weighted by molar-refractivity contribution is 0.378. The molecular weight excluding hydrogens is 174 g/mol. The summed E-state index contributed by atoms with van der Waals surface area (Å²) in [5, 5.41) is 3.40. The van der Waals surface area contributed by atoms with Crippen LogP contribution in [0, 0.1) is 5.92 Å². The number of aromatic nitrogens is 1. The minimum atomic E-state index is 0.858. The number of aromatic amines is 1. The average Bonchev–Trinajstić information content (AvgIpc) is 2.72. The molecule has 2 rings (SSSR count). The van der Waals surface area contributed by atoms with E-state index in [4.69, 9.17) is 0 Å². The van der Waals surface area contributed by atoms with E-state index in [1.165, 1.54) is 38.2 Å². The largest absolute Gasteiger partial charge is 0.373 e. The van der Waals surface area contributed by atoms with Crippen LogP contribution >= 0.6 is 0 Å². The molecule has 1 aliphatic rings. The van der Waals surface area contributed by atoms with Crippen LogP contribution in [0.1, 0.15) is 12.8 Å². The molecule has 3 nitrogen and oxygen atoms in total. The lowest BCUT2D eigenvalue weighted by Crippen LogP contribution is -2.34. The third-order valence-electron chi connectivity index (χ3n) is 3.01. The van der Waals surface area contributed by atoms with Crippen LogP contribution in [0.15, 0.2) is 18.5 Å². The fraction of sp³-hybridized carbons (Fsp3) is 0.636. The van der Waals surface area contributed by atoms with Gasteiger partial charge in [-0.15, -0.1) is 0 Å². The molecule has 1 aliphatic heterocycles. The molecule has 78 valence electrons. The van der Waals surface area contributed by atoms with Gasteiger partial charge in [-0.3, -0.25) is 0 Å². The standard InChI is InChI=1S/C11H19N3/c1-14(11-4-7-13-8-11)9-10-2-5-12-6-3-10/h4,7-8,10,12-13H,2-3,5-6,9H2,1H3. The zero-order valence-corrected chi connectivity index (χ0v) is 8.79. The Morgan fingerprint density at radius 3 is 2.86 bits per heavy atom. The van der Waals surface area contributed by atoms with E-state index >= 15 is 0 Å². The van der Waals surface area contributed by atoms with Gasteiger partial charge >= 0.3 is 0 Å². The molecule has 0 spiro atoms. The van der Waals surface area contributed by atoms with Crippen molar-refractivity contribution in [2.24, 2.45) is 5.92 Å². The smallest absolute Gasteiger partial charge is 0.0541 e. The monoisotopic (exact) mass is 193 g/mol. The van der Waals surface area contributed by atoms with Gasteiger partial charge in [0.25, 0.3) is 0 Å². The van der Waals surface area contributed by atoms with Crippen LogP contribution in [-0.2, 0) is 0 Å². The second kappa shape index (κ2) is 4.51. The maximum Gasteiger partial charge on any atom is 0.0541 e. The number of nitrogens with one attached hydrogen (secondary N) is 2. The number of hydrogen-bond acceptors (Lipinski definition) is 2. The van der Waals surface area contributed by atoms with Crippen molar-refractivity contribution >= 4 is 5.69 Å². The van der Waals surface area contributed by atoms with Crippen LogP contribution in [0.3, 0.4) is 0 Å². The van der Waals surface area contributed by atoms with Crippen molar-refractivity contribution in [3.63, 3.8) is 0 Å². The summed E-state index contributed by atoms with van der Waals surface area (Å²) in [4.78, 5) is 5.43. The van der Waals surface area contributed by atoms with Gasteiger partial charge in [-0.2, -0.15) is 0 Å². The molecule has 2 N–H and O–H groups in total. The number of rotatable bonds is 3. The van der Waals surface area contributed by atoms with Crippen LogP contribution < -0.4 is 10.2 Å². The topological polar surface area (TPSA) is 31.1 Å². The third kappa shape index (κ3) is 2.29. The van der Waals surface area contributed by atoms with Crippen LogP contribution in [0.5, 0.6) is 0 Å². The van der Waals surface area contributed by atoms with E-state index in [9.17, 15) is 0 Å². The van der Waals surface area contributed by atoms with Crippen molar-refractivity contribution in [3.8, 4) is 0 Å². The van der Waals surface area contributed by atoms with Gasteiger partial charge in [-0.25, -0.2) is 0 Å². The van der Waals surface area contributed by atoms with E-state index in [1.54, 1.807) is 0 Å². The molecule has 0 saturated carbocycles. The fourth-order valence-corrected chi connectivity index (χ4v) is 2.11. The van der Waals surface area contributed by atoms with Gasteiger partial charge in [-0.05, 0) is 37.9 Å². The van der Waals surface area contributed by atoms with Gasteiger partial charge in [0.2, 0.25) is 0 Å². The Kier molecular flexibility index (Phi) is 3.09. The molecule has 0 amide bonds. The Balaban J connectivity index is 1.84. The van der Waals surface area contributed by atoms with E-state index in [0.717, 1.165) is 5.92 Å². The minimum absolute atomic E-state index is 0.858. The SMILES string of the molecule is CN(CC1CCNCC1)c1cc[nH]c1. The Morgan fingerprint density at radius 1 is 1.43 bits per heavy atom. The van der Waals surface area contributed by atoms with Crippen LogP contribution in [-0.4, -0.2) is 31.7 Å². The van der Waals surface area contributed by atoms with Crippen molar-refractivity contribution in [2.75, 3.05) is 31.6 Å². The Labute approximate surface area is 85.5 Å². The molecule has 1 saturated heterocycles. The Morgan fingerprint density at radius 2 is 2.21 bits per heavy atom. The van der Waals surface area contributed by atoms with Gasteiger partial charge in [-0.1, -0.05) is 0 Å². The summed E-state index contributed by atoms with van der Waals surface area (Å²) in [5.41, 5.74) is 1.29. The van der Waals surface area contributed by atoms with Crippen molar-refractivity contribution in [2.45, 2.75) is 12.8 Å². The van der Waals surface area contributed by atoms with E-state index < -0.39 is 0 Å². The highest BCUT2D eigenvalue weighted by molar-refractivity contribution is 5.43. The van der Waals surface area contributed by atoms with Gasteiger partial charge in [0, 0.05) is 26.0 Å². The first kappa shape index (κ1) is 9.59.